The highest BCUT2D eigenvalue weighted by molar-refractivity contribution is 5.92. The molecule has 2 heterocycles. The quantitative estimate of drug-likeness (QED) is 0.867. The number of benzene rings is 1. The molecule has 2 aliphatic heterocycles. The summed E-state index contributed by atoms with van der Waals surface area (Å²) in [5.41, 5.74) is 0.785. The topological polar surface area (TPSA) is 64.6 Å². The Morgan fingerprint density at radius 2 is 2.04 bits per heavy atom. The van der Waals surface area contributed by atoms with Crippen LogP contribution in [0.5, 0.6) is 0 Å². The minimum atomic E-state index is -0.671. The summed E-state index contributed by atoms with van der Waals surface area (Å²) >= 11 is 0. The number of hydrogen-bond donors (Lipinski definition) is 1. The molecule has 4 atom stereocenters. The Morgan fingerprint density at radius 1 is 1.26 bits per heavy atom. The van der Waals surface area contributed by atoms with Gasteiger partial charge in [0.15, 0.2) is 5.79 Å². The van der Waals surface area contributed by atoms with E-state index in [9.17, 15) is 9.59 Å². The minimum absolute atomic E-state index is 0.0526. The molecular formula is C18H23NO4. The minimum Gasteiger partial charge on any atom is -0.346 e. The lowest BCUT2D eigenvalue weighted by Gasteiger charge is -2.39. The second-order valence-electron chi connectivity index (χ2n) is 6.43. The van der Waals surface area contributed by atoms with Gasteiger partial charge in [0.2, 0.25) is 5.91 Å². The number of ether oxygens (including phenoxy) is 2. The Morgan fingerprint density at radius 3 is 2.74 bits per heavy atom. The lowest BCUT2D eigenvalue weighted by molar-refractivity contribution is -0.272. The van der Waals surface area contributed by atoms with Gasteiger partial charge in [0.25, 0.3) is 0 Å². The molecule has 0 aromatic heterocycles. The van der Waals surface area contributed by atoms with Gasteiger partial charge in [-0.05, 0) is 31.4 Å². The lowest BCUT2D eigenvalue weighted by atomic mass is 9.92. The van der Waals surface area contributed by atoms with Gasteiger partial charge in [-0.1, -0.05) is 25.1 Å². The highest BCUT2D eigenvalue weighted by Crippen LogP contribution is 2.41. The van der Waals surface area contributed by atoms with Crippen molar-refractivity contribution in [3.8, 4) is 0 Å². The highest BCUT2D eigenvalue weighted by atomic mass is 16.7. The fraction of sp³-hybridized carbons (Fsp3) is 0.556. The van der Waals surface area contributed by atoms with Crippen molar-refractivity contribution in [2.75, 3.05) is 5.32 Å². The number of hydrogen-bond acceptors (Lipinski definition) is 4. The second-order valence-corrected chi connectivity index (χ2v) is 6.43. The van der Waals surface area contributed by atoms with Crippen molar-refractivity contribution < 1.29 is 19.1 Å². The molecule has 0 bridgehead atoms. The maximum absolute atomic E-state index is 12.4. The highest BCUT2D eigenvalue weighted by Gasteiger charge is 2.46. The fourth-order valence-electron chi connectivity index (χ4n) is 3.39. The molecule has 2 aliphatic rings. The first kappa shape index (κ1) is 16.1. The maximum atomic E-state index is 12.4. The number of carbonyl (C=O) groups excluding carboxylic acids is 2. The van der Waals surface area contributed by atoms with Crippen molar-refractivity contribution >= 4 is 17.9 Å². The number of para-hydroxylation sites is 1. The molecule has 1 amide bonds. The Bertz CT molecular complexity index is 561. The number of amides is 1. The van der Waals surface area contributed by atoms with Crippen LogP contribution in [-0.2, 0) is 19.1 Å². The van der Waals surface area contributed by atoms with E-state index in [0.29, 0.717) is 6.42 Å². The molecule has 2 fully saturated rings. The monoisotopic (exact) mass is 317 g/mol. The molecule has 0 aliphatic carbocycles. The average molecular weight is 317 g/mol. The SMILES string of the molecule is C[C@@H](C(=O)Nc1ccccc1)[C@@H]1CCC[C@]2(CC[C@@H](C=O)O2)O1. The van der Waals surface area contributed by atoms with Crippen LogP contribution in [0.3, 0.4) is 0 Å². The summed E-state index contributed by atoms with van der Waals surface area (Å²) in [5.74, 6) is -0.995. The van der Waals surface area contributed by atoms with E-state index >= 15 is 0 Å². The molecule has 3 rings (SSSR count). The van der Waals surface area contributed by atoms with E-state index in [1.807, 2.05) is 37.3 Å². The molecule has 2 saturated heterocycles. The van der Waals surface area contributed by atoms with Crippen LogP contribution in [-0.4, -0.2) is 30.2 Å². The molecule has 124 valence electrons. The van der Waals surface area contributed by atoms with Crippen LogP contribution in [0.4, 0.5) is 5.69 Å². The average Bonchev–Trinajstić information content (AvgIpc) is 2.97. The molecule has 0 saturated carbocycles. The third kappa shape index (κ3) is 3.62. The number of nitrogens with one attached hydrogen (secondary N) is 1. The molecule has 0 unspecified atom stereocenters. The molecule has 1 spiro atoms. The van der Waals surface area contributed by atoms with Gasteiger partial charge in [-0.2, -0.15) is 0 Å². The Labute approximate surface area is 136 Å². The molecule has 0 radical (unpaired) electrons. The van der Waals surface area contributed by atoms with Crippen LogP contribution in [0.25, 0.3) is 0 Å². The third-order valence-corrected chi connectivity index (χ3v) is 4.75. The van der Waals surface area contributed by atoms with E-state index in [0.717, 1.165) is 37.7 Å². The van der Waals surface area contributed by atoms with Crippen molar-refractivity contribution in [3.63, 3.8) is 0 Å². The number of carbonyl (C=O) groups is 2. The van der Waals surface area contributed by atoms with Gasteiger partial charge in [-0.15, -0.1) is 0 Å². The van der Waals surface area contributed by atoms with Gasteiger partial charge >= 0.3 is 0 Å². The zero-order chi connectivity index (χ0) is 16.3. The van der Waals surface area contributed by atoms with Crippen molar-refractivity contribution in [2.45, 2.75) is 57.0 Å². The van der Waals surface area contributed by atoms with Gasteiger partial charge < -0.3 is 19.6 Å². The van der Waals surface area contributed by atoms with E-state index < -0.39 is 5.79 Å². The van der Waals surface area contributed by atoms with Gasteiger partial charge in [-0.25, -0.2) is 0 Å². The largest absolute Gasteiger partial charge is 0.346 e. The van der Waals surface area contributed by atoms with Crippen molar-refractivity contribution in [1.29, 1.82) is 0 Å². The molecular weight excluding hydrogens is 294 g/mol. The summed E-state index contributed by atoms with van der Waals surface area (Å²) in [6.07, 6.45) is 4.27. The molecule has 1 aromatic carbocycles. The van der Waals surface area contributed by atoms with E-state index in [4.69, 9.17) is 9.47 Å². The molecule has 1 N–H and O–H groups in total. The predicted octanol–water partition coefficient (Wildman–Crippen LogP) is 2.90. The van der Waals surface area contributed by atoms with Crippen LogP contribution in [0.2, 0.25) is 0 Å². The number of anilines is 1. The van der Waals surface area contributed by atoms with Gasteiger partial charge in [0, 0.05) is 18.5 Å². The van der Waals surface area contributed by atoms with Gasteiger partial charge in [0.05, 0.1) is 12.0 Å². The third-order valence-electron chi connectivity index (χ3n) is 4.75. The van der Waals surface area contributed by atoms with Crippen LogP contribution >= 0.6 is 0 Å². The van der Waals surface area contributed by atoms with Crippen LogP contribution in [0, 0.1) is 5.92 Å². The van der Waals surface area contributed by atoms with E-state index in [-0.39, 0.29) is 24.0 Å². The van der Waals surface area contributed by atoms with E-state index in [2.05, 4.69) is 5.32 Å². The number of rotatable bonds is 4. The standard InChI is InChI=1S/C18H23NO4/c1-13(17(21)19-14-6-3-2-4-7-14)16-8-5-10-18(23-16)11-9-15(12-20)22-18/h2-4,6-7,12-13,15-16H,5,8-11H2,1H3,(H,19,21)/t13-,15+,16+,18-/m1/s1. The van der Waals surface area contributed by atoms with E-state index in [1.165, 1.54) is 0 Å². The number of aldehydes is 1. The summed E-state index contributed by atoms with van der Waals surface area (Å²) < 4.78 is 11.9. The smallest absolute Gasteiger partial charge is 0.229 e. The predicted molar refractivity (Wildman–Crippen MR) is 85.9 cm³/mol. The van der Waals surface area contributed by atoms with E-state index in [1.54, 1.807) is 0 Å². The van der Waals surface area contributed by atoms with Crippen LogP contribution in [0.15, 0.2) is 30.3 Å². The normalized spacial score (nSPS) is 31.7. The first-order valence-electron chi connectivity index (χ1n) is 8.29. The Kier molecular flexibility index (Phi) is 4.78. The summed E-state index contributed by atoms with van der Waals surface area (Å²) in [6, 6.07) is 9.41. The van der Waals surface area contributed by atoms with Crippen molar-refractivity contribution in [2.24, 2.45) is 5.92 Å². The molecule has 1 aromatic rings. The van der Waals surface area contributed by atoms with Crippen molar-refractivity contribution in [1.82, 2.24) is 0 Å². The summed E-state index contributed by atoms with van der Waals surface area (Å²) in [6.45, 7) is 1.88. The lowest BCUT2D eigenvalue weighted by Crippen LogP contribution is -2.45. The fourth-order valence-corrected chi connectivity index (χ4v) is 3.39. The summed E-state index contributed by atoms with van der Waals surface area (Å²) in [5, 5.41) is 2.92. The summed E-state index contributed by atoms with van der Waals surface area (Å²) in [7, 11) is 0. The summed E-state index contributed by atoms with van der Waals surface area (Å²) in [4.78, 5) is 23.4. The van der Waals surface area contributed by atoms with Gasteiger partial charge in [-0.3, -0.25) is 4.79 Å². The Balaban J connectivity index is 1.62. The first-order chi connectivity index (χ1) is 11.1. The zero-order valence-corrected chi connectivity index (χ0v) is 13.4. The van der Waals surface area contributed by atoms with Crippen LogP contribution < -0.4 is 5.32 Å². The molecule has 5 heteroatoms. The Hall–Kier alpha value is -1.72. The second kappa shape index (κ2) is 6.81. The van der Waals surface area contributed by atoms with Crippen LogP contribution in [0.1, 0.15) is 39.0 Å². The van der Waals surface area contributed by atoms with Crippen molar-refractivity contribution in [3.05, 3.63) is 30.3 Å². The molecule has 5 nitrogen and oxygen atoms in total. The van der Waals surface area contributed by atoms with Gasteiger partial charge in [0.1, 0.15) is 12.4 Å². The molecule has 23 heavy (non-hydrogen) atoms. The zero-order valence-electron chi connectivity index (χ0n) is 13.4. The maximum Gasteiger partial charge on any atom is 0.229 e. The first-order valence-corrected chi connectivity index (χ1v) is 8.29.